The molecule has 3 rings (SSSR count). The first-order valence-corrected chi connectivity index (χ1v) is 11.7. The van der Waals surface area contributed by atoms with Gasteiger partial charge in [0.2, 0.25) is 10.0 Å². The average molecular weight is 470 g/mol. The Morgan fingerprint density at radius 1 is 0.970 bits per heavy atom. The van der Waals surface area contributed by atoms with Crippen molar-refractivity contribution in [3.05, 3.63) is 72.3 Å². The minimum atomic E-state index is -3.77. The molecular formula is C24H27N3O5S. The zero-order chi connectivity index (χ0) is 24.0. The van der Waals surface area contributed by atoms with Crippen LogP contribution < -0.4 is 20.1 Å². The van der Waals surface area contributed by atoms with Crippen LogP contribution in [0.5, 0.6) is 11.5 Å². The summed E-state index contributed by atoms with van der Waals surface area (Å²) in [6.07, 6.45) is 0. The van der Waals surface area contributed by atoms with Crippen molar-refractivity contribution < 1.29 is 22.7 Å². The van der Waals surface area contributed by atoms with Gasteiger partial charge in [-0.05, 0) is 61.5 Å². The molecule has 0 spiro atoms. The van der Waals surface area contributed by atoms with Crippen LogP contribution in [0.4, 0.5) is 17.1 Å². The van der Waals surface area contributed by atoms with Gasteiger partial charge in [-0.2, -0.15) is 0 Å². The molecule has 3 aromatic rings. The Bertz CT molecular complexity index is 1230. The zero-order valence-corrected chi connectivity index (χ0v) is 19.8. The van der Waals surface area contributed by atoms with E-state index >= 15 is 0 Å². The Balaban J connectivity index is 1.88. The molecule has 9 heteroatoms. The fourth-order valence-corrected chi connectivity index (χ4v) is 4.13. The van der Waals surface area contributed by atoms with Crippen molar-refractivity contribution in [2.75, 3.05) is 38.4 Å². The molecule has 0 bridgehead atoms. The van der Waals surface area contributed by atoms with Crippen LogP contribution in [0.2, 0.25) is 0 Å². The summed E-state index contributed by atoms with van der Waals surface area (Å²) in [5.74, 6) is 0.570. The van der Waals surface area contributed by atoms with E-state index in [1.807, 2.05) is 30.3 Å². The molecular weight excluding hydrogens is 442 g/mol. The van der Waals surface area contributed by atoms with Crippen molar-refractivity contribution in [1.82, 2.24) is 4.31 Å². The number of benzene rings is 3. The van der Waals surface area contributed by atoms with Crippen molar-refractivity contribution >= 4 is 33.0 Å². The van der Waals surface area contributed by atoms with Gasteiger partial charge in [0, 0.05) is 25.5 Å². The molecule has 0 saturated carbocycles. The van der Waals surface area contributed by atoms with Gasteiger partial charge in [-0.3, -0.25) is 4.79 Å². The van der Waals surface area contributed by atoms with Gasteiger partial charge in [-0.1, -0.05) is 12.1 Å². The SMILES string of the molecule is CCOc1ccc(NC(=O)c2ccccc2Nc2ccc(OC)cc2)cc1S(=O)(=O)N(C)C. The third-order valence-corrected chi connectivity index (χ3v) is 6.64. The van der Waals surface area contributed by atoms with Crippen LogP contribution in [0.1, 0.15) is 17.3 Å². The van der Waals surface area contributed by atoms with Crippen molar-refractivity contribution in [2.24, 2.45) is 0 Å². The molecule has 0 aliphatic rings. The smallest absolute Gasteiger partial charge is 0.257 e. The Morgan fingerprint density at radius 2 is 1.64 bits per heavy atom. The Hall–Kier alpha value is -3.56. The summed E-state index contributed by atoms with van der Waals surface area (Å²) in [5, 5.41) is 6.01. The molecule has 3 aromatic carbocycles. The minimum absolute atomic E-state index is 0.0169. The molecule has 0 saturated heterocycles. The number of rotatable bonds is 9. The first-order valence-electron chi connectivity index (χ1n) is 10.3. The van der Waals surface area contributed by atoms with Crippen LogP contribution in [-0.2, 0) is 10.0 Å². The third kappa shape index (κ3) is 5.63. The lowest BCUT2D eigenvalue weighted by molar-refractivity contribution is 0.102. The van der Waals surface area contributed by atoms with Crippen LogP contribution in [0, 0.1) is 0 Å². The van der Waals surface area contributed by atoms with E-state index in [4.69, 9.17) is 9.47 Å². The van der Waals surface area contributed by atoms with Crippen molar-refractivity contribution in [3.8, 4) is 11.5 Å². The van der Waals surface area contributed by atoms with Crippen LogP contribution in [-0.4, -0.2) is 46.4 Å². The van der Waals surface area contributed by atoms with E-state index in [-0.39, 0.29) is 16.6 Å². The van der Waals surface area contributed by atoms with E-state index in [0.717, 1.165) is 15.7 Å². The van der Waals surface area contributed by atoms with Gasteiger partial charge >= 0.3 is 0 Å². The van der Waals surface area contributed by atoms with Gasteiger partial charge in [-0.15, -0.1) is 0 Å². The van der Waals surface area contributed by atoms with Crippen LogP contribution in [0.3, 0.4) is 0 Å². The first-order chi connectivity index (χ1) is 15.8. The summed E-state index contributed by atoms with van der Waals surface area (Å²) < 4.78 is 37.3. The van der Waals surface area contributed by atoms with Gasteiger partial charge < -0.3 is 20.1 Å². The first kappa shape index (κ1) is 24.1. The number of nitrogens with one attached hydrogen (secondary N) is 2. The number of anilines is 3. The summed E-state index contributed by atoms with van der Waals surface area (Å²) in [6, 6.07) is 18.9. The topological polar surface area (TPSA) is 97.0 Å². The second-order valence-corrected chi connectivity index (χ2v) is 9.36. The van der Waals surface area contributed by atoms with E-state index in [0.29, 0.717) is 23.5 Å². The molecule has 0 aliphatic heterocycles. The van der Waals surface area contributed by atoms with E-state index in [1.54, 1.807) is 38.3 Å². The molecule has 0 radical (unpaired) electrons. The fourth-order valence-electron chi connectivity index (χ4n) is 3.08. The summed E-state index contributed by atoms with van der Waals surface area (Å²) in [7, 11) is 0.706. The second-order valence-electron chi connectivity index (χ2n) is 7.24. The van der Waals surface area contributed by atoms with E-state index in [9.17, 15) is 13.2 Å². The fraction of sp³-hybridized carbons (Fsp3) is 0.208. The Morgan fingerprint density at radius 3 is 2.27 bits per heavy atom. The number of carbonyl (C=O) groups is 1. The van der Waals surface area contributed by atoms with Crippen LogP contribution in [0.25, 0.3) is 0 Å². The van der Waals surface area contributed by atoms with Crippen molar-refractivity contribution in [3.63, 3.8) is 0 Å². The molecule has 0 fully saturated rings. The average Bonchev–Trinajstić information content (AvgIpc) is 2.81. The molecule has 2 N–H and O–H groups in total. The summed E-state index contributed by atoms with van der Waals surface area (Å²) in [6.45, 7) is 2.08. The number of nitrogens with zero attached hydrogens (tertiary/aromatic N) is 1. The number of methoxy groups -OCH3 is 1. The summed E-state index contributed by atoms with van der Waals surface area (Å²) in [5.41, 5.74) is 2.13. The second kappa shape index (κ2) is 10.4. The molecule has 0 aliphatic carbocycles. The van der Waals surface area contributed by atoms with Gasteiger partial charge in [0.25, 0.3) is 5.91 Å². The molecule has 0 heterocycles. The van der Waals surface area contributed by atoms with Gasteiger partial charge in [0.05, 0.1) is 25.0 Å². The van der Waals surface area contributed by atoms with Gasteiger partial charge in [0.15, 0.2) is 0 Å². The number of amides is 1. The molecule has 8 nitrogen and oxygen atoms in total. The zero-order valence-electron chi connectivity index (χ0n) is 19.0. The Kier molecular flexibility index (Phi) is 7.57. The normalized spacial score (nSPS) is 11.2. The molecule has 174 valence electrons. The lowest BCUT2D eigenvalue weighted by Crippen LogP contribution is -2.23. The number of carbonyl (C=O) groups excluding carboxylic acids is 1. The summed E-state index contributed by atoms with van der Waals surface area (Å²) in [4.78, 5) is 13.1. The minimum Gasteiger partial charge on any atom is -0.497 e. The van der Waals surface area contributed by atoms with Crippen molar-refractivity contribution in [1.29, 1.82) is 0 Å². The molecule has 33 heavy (non-hydrogen) atoms. The molecule has 0 unspecified atom stereocenters. The predicted molar refractivity (Wildman–Crippen MR) is 129 cm³/mol. The number of ether oxygens (including phenoxy) is 2. The van der Waals surface area contributed by atoms with Crippen molar-refractivity contribution in [2.45, 2.75) is 11.8 Å². The highest BCUT2D eigenvalue weighted by Gasteiger charge is 2.23. The Labute approximate surface area is 194 Å². The number of para-hydroxylation sites is 1. The highest BCUT2D eigenvalue weighted by molar-refractivity contribution is 7.89. The largest absolute Gasteiger partial charge is 0.497 e. The van der Waals surface area contributed by atoms with E-state index in [2.05, 4.69) is 10.6 Å². The van der Waals surface area contributed by atoms with E-state index < -0.39 is 10.0 Å². The maximum absolute atomic E-state index is 13.1. The molecule has 0 atom stereocenters. The number of sulfonamides is 1. The van der Waals surface area contributed by atoms with Crippen LogP contribution in [0.15, 0.2) is 71.6 Å². The standard InChI is InChI=1S/C24H27N3O5S/c1-5-32-22-15-12-18(16-23(22)33(29,30)27(2)3)26-24(28)20-8-6-7-9-21(20)25-17-10-13-19(31-4)14-11-17/h6-16,25H,5H2,1-4H3,(H,26,28). The highest BCUT2D eigenvalue weighted by Crippen LogP contribution is 2.30. The maximum atomic E-state index is 13.1. The molecule has 0 aromatic heterocycles. The predicted octanol–water partition coefficient (Wildman–Crippen LogP) is 4.34. The maximum Gasteiger partial charge on any atom is 0.257 e. The monoisotopic (exact) mass is 469 g/mol. The lowest BCUT2D eigenvalue weighted by Gasteiger charge is -2.17. The van der Waals surface area contributed by atoms with Gasteiger partial charge in [0.1, 0.15) is 16.4 Å². The number of hydrogen-bond donors (Lipinski definition) is 2. The highest BCUT2D eigenvalue weighted by atomic mass is 32.2. The third-order valence-electron chi connectivity index (χ3n) is 4.80. The quantitative estimate of drug-likeness (QED) is 0.484. The van der Waals surface area contributed by atoms with Gasteiger partial charge in [-0.25, -0.2) is 12.7 Å². The summed E-state index contributed by atoms with van der Waals surface area (Å²) >= 11 is 0. The number of hydrogen-bond acceptors (Lipinski definition) is 6. The van der Waals surface area contributed by atoms with Crippen LogP contribution >= 0.6 is 0 Å². The lowest BCUT2D eigenvalue weighted by atomic mass is 10.1. The van der Waals surface area contributed by atoms with E-state index in [1.165, 1.54) is 26.2 Å². The molecule has 1 amide bonds.